The number of quaternary nitrogens is 1. The van der Waals surface area contributed by atoms with Crippen molar-refractivity contribution in [2.24, 2.45) is 0 Å². The molecule has 0 radical (unpaired) electrons. The van der Waals surface area contributed by atoms with Gasteiger partial charge in [-0.25, -0.2) is 4.79 Å². The van der Waals surface area contributed by atoms with Crippen molar-refractivity contribution in [2.75, 3.05) is 31.2 Å². The molecule has 0 saturated carbocycles. The average molecular weight is 376 g/mol. The van der Waals surface area contributed by atoms with Crippen LogP contribution in [0.4, 0.5) is 4.79 Å². The molecule has 6 heteroatoms. The van der Waals surface area contributed by atoms with E-state index < -0.39 is 0 Å². The van der Waals surface area contributed by atoms with Gasteiger partial charge >= 0.3 is 6.09 Å². The molecule has 25 heavy (non-hydrogen) atoms. The van der Waals surface area contributed by atoms with E-state index in [9.17, 15) is 4.79 Å². The number of rotatable bonds is 8. The van der Waals surface area contributed by atoms with E-state index in [4.69, 9.17) is 4.74 Å². The maximum Gasteiger partial charge on any atom is 0.407 e. The summed E-state index contributed by atoms with van der Waals surface area (Å²) in [7, 11) is 3.54. The third-order valence-electron chi connectivity index (χ3n) is 4.11. The van der Waals surface area contributed by atoms with E-state index in [2.05, 4.69) is 47.4 Å². The van der Waals surface area contributed by atoms with Crippen molar-refractivity contribution >= 4 is 27.7 Å². The number of amides is 1. The van der Waals surface area contributed by atoms with Gasteiger partial charge in [0, 0.05) is 18.2 Å². The zero-order valence-corrected chi connectivity index (χ0v) is 15.7. The summed E-state index contributed by atoms with van der Waals surface area (Å²) >= 11 is 0. The van der Waals surface area contributed by atoms with E-state index in [1.165, 1.54) is 22.3 Å². The minimum Gasteiger partial charge on any atom is -0.449 e. The number of hydrogen-bond acceptors (Lipinski definition) is 4. The van der Waals surface area contributed by atoms with Gasteiger partial charge in [-0.05, 0) is 22.3 Å². The topological polar surface area (TPSA) is 66.0 Å². The summed E-state index contributed by atoms with van der Waals surface area (Å²) < 4.78 is 5.49. The van der Waals surface area contributed by atoms with Gasteiger partial charge < -0.3 is 15.8 Å². The lowest BCUT2D eigenvalue weighted by Crippen LogP contribution is -2.51. The highest BCUT2D eigenvalue weighted by atomic mass is 33.1. The van der Waals surface area contributed by atoms with Gasteiger partial charge in [-0.15, -0.1) is 0 Å². The lowest BCUT2D eigenvalue weighted by Gasteiger charge is -2.14. The summed E-state index contributed by atoms with van der Waals surface area (Å²) in [5, 5.41) is 2.82. The molecule has 1 aliphatic carbocycles. The molecular formula is C19H23N2O2S2+. The highest BCUT2D eigenvalue weighted by Gasteiger charge is 2.28. The standard InChI is InChI=1S/C19H22N2O2S2/c20-9-11-24-25-12-10-21-19(22)23-13-18-16-7-3-1-5-14(16)15-6-2-4-8-17(15)18/h1-8,18H,9-13,20H2,(H,21,22)/p+1. The van der Waals surface area contributed by atoms with Crippen LogP contribution >= 0.6 is 21.6 Å². The largest absolute Gasteiger partial charge is 0.449 e. The molecule has 132 valence electrons. The van der Waals surface area contributed by atoms with Gasteiger partial charge in [-0.2, -0.15) is 0 Å². The van der Waals surface area contributed by atoms with Crippen LogP contribution in [0.3, 0.4) is 0 Å². The molecule has 0 bridgehead atoms. The maximum atomic E-state index is 12.0. The normalized spacial score (nSPS) is 12.5. The van der Waals surface area contributed by atoms with Crippen LogP contribution in [0.25, 0.3) is 11.1 Å². The van der Waals surface area contributed by atoms with Crippen molar-refractivity contribution in [3.63, 3.8) is 0 Å². The van der Waals surface area contributed by atoms with Crippen molar-refractivity contribution in [3.8, 4) is 11.1 Å². The number of carbonyl (C=O) groups excluding carboxylic acids is 1. The molecule has 0 heterocycles. The Hall–Kier alpha value is -1.63. The fraction of sp³-hybridized carbons (Fsp3) is 0.316. The molecule has 1 aliphatic rings. The summed E-state index contributed by atoms with van der Waals surface area (Å²) in [5.74, 6) is 2.02. The van der Waals surface area contributed by atoms with Crippen molar-refractivity contribution in [2.45, 2.75) is 5.92 Å². The van der Waals surface area contributed by atoms with Crippen LogP contribution in [0.15, 0.2) is 48.5 Å². The molecule has 3 rings (SSSR count). The van der Waals surface area contributed by atoms with Crippen LogP contribution in [0.1, 0.15) is 17.0 Å². The first kappa shape index (κ1) is 18.2. The number of fused-ring (bicyclic) bond motifs is 3. The number of alkyl carbamates (subject to hydrolysis) is 1. The Morgan fingerprint density at radius 3 is 2.24 bits per heavy atom. The second kappa shape index (κ2) is 9.17. The first-order valence-corrected chi connectivity index (χ1v) is 10.9. The van der Waals surface area contributed by atoms with Gasteiger partial charge in [-0.3, -0.25) is 0 Å². The number of ether oxygens (including phenoxy) is 1. The zero-order valence-electron chi connectivity index (χ0n) is 14.1. The van der Waals surface area contributed by atoms with E-state index in [-0.39, 0.29) is 12.0 Å². The molecule has 2 aromatic carbocycles. The summed E-state index contributed by atoms with van der Waals surface area (Å²) in [6.07, 6.45) is -0.343. The van der Waals surface area contributed by atoms with Gasteiger partial charge in [-0.1, -0.05) is 70.1 Å². The van der Waals surface area contributed by atoms with Gasteiger partial charge in [0.15, 0.2) is 0 Å². The minimum atomic E-state index is -0.343. The van der Waals surface area contributed by atoms with E-state index in [1.54, 1.807) is 21.6 Å². The Kier molecular flexibility index (Phi) is 6.67. The lowest BCUT2D eigenvalue weighted by atomic mass is 9.98. The molecule has 0 atom stereocenters. The minimum absolute atomic E-state index is 0.111. The quantitative estimate of drug-likeness (QED) is 0.549. The van der Waals surface area contributed by atoms with Crippen LogP contribution in [0.5, 0.6) is 0 Å². The third kappa shape index (κ3) is 4.51. The first-order chi connectivity index (χ1) is 12.3. The van der Waals surface area contributed by atoms with Gasteiger partial charge in [0.1, 0.15) is 6.61 Å². The maximum absolute atomic E-state index is 12.0. The van der Waals surface area contributed by atoms with E-state index in [0.717, 1.165) is 18.1 Å². The zero-order chi connectivity index (χ0) is 17.5. The molecule has 0 saturated heterocycles. The molecule has 4 N–H and O–H groups in total. The number of benzene rings is 2. The fourth-order valence-corrected chi connectivity index (χ4v) is 4.87. The molecule has 4 nitrogen and oxygen atoms in total. The lowest BCUT2D eigenvalue weighted by molar-refractivity contribution is -0.360. The Morgan fingerprint density at radius 2 is 1.60 bits per heavy atom. The van der Waals surface area contributed by atoms with Crippen LogP contribution in [0.2, 0.25) is 0 Å². The van der Waals surface area contributed by atoms with Gasteiger partial charge in [0.2, 0.25) is 0 Å². The van der Waals surface area contributed by atoms with Crippen LogP contribution in [-0.4, -0.2) is 37.3 Å². The van der Waals surface area contributed by atoms with E-state index in [0.29, 0.717) is 13.2 Å². The monoisotopic (exact) mass is 375 g/mol. The van der Waals surface area contributed by atoms with Crippen molar-refractivity contribution in [1.29, 1.82) is 0 Å². The molecule has 1 amide bonds. The second-order valence-electron chi connectivity index (χ2n) is 5.75. The SMILES string of the molecule is [NH3+]CCSSCCNC(=O)OCC1c2ccccc2-c2ccccc21. The van der Waals surface area contributed by atoms with Crippen LogP contribution in [0, 0.1) is 0 Å². The Balaban J connectivity index is 1.52. The number of hydrogen-bond donors (Lipinski definition) is 2. The van der Waals surface area contributed by atoms with Crippen molar-refractivity contribution in [1.82, 2.24) is 5.32 Å². The molecular weight excluding hydrogens is 352 g/mol. The predicted molar refractivity (Wildman–Crippen MR) is 106 cm³/mol. The van der Waals surface area contributed by atoms with Gasteiger partial charge in [0.25, 0.3) is 0 Å². The Morgan fingerprint density at radius 1 is 1.00 bits per heavy atom. The van der Waals surface area contributed by atoms with E-state index in [1.807, 2.05) is 12.1 Å². The van der Waals surface area contributed by atoms with E-state index >= 15 is 0 Å². The van der Waals surface area contributed by atoms with Crippen LogP contribution in [-0.2, 0) is 4.74 Å². The smallest absolute Gasteiger partial charge is 0.407 e. The molecule has 2 aromatic rings. The molecule has 0 aliphatic heterocycles. The summed E-state index contributed by atoms with van der Waals surface area (Å²) in [6, 6.07) is 16.7. The fourth-order valence-electron chi connectivity index (χ4n) is 3.02. The molecule has 0 aromatic heterocycles. The highest BCUT2D eigenvalue weighted by Crippen LogP contribution is 2.44. The van der Waals surface area contributed by atoms with Crippen LogP contribution < -0.4 is 11.1 Å². The summed E-state index contributed by atoms with van der Waals surface area (Å²) in [5.41, 5.74) is 8.75. The van der Waals surface area contributed by atoms with Crippen molar-refractivity contribution < 1.29 is 15.3 Å². The van der Waals surface area contributed by atoms with Gasteiger partial charge in [0.05, 0.1) is 12.3 Å². The Labute approximate surface area is 156 Å². The first-order valence-electron chi connectivity index (χ1n) is 8.43. The predicted octanol–water partition coefficient (Wildman–Crippen LogP) is 3.15. The van der Waals surface area contributed by atoms with Crippen molar-refractivity contribution in [3.05, 3.63) is 59.7 Å². The highest BCUT2D eigenvalue weighted by molar-refractivity contribution is 8.76. The molecule has 0 fully saturated rings. The second-order valence-corrected chi connectivity index (χ2v) is 8.45. The molecule has 0 unspecified atom stereocenters. The molecule has 0 spiro atoms. The number of nitrogens with one attached hydrogen (secondary N) is 1. The summed E-state index contributed by atoms with van der Waals surface area (Å²) in [4.78, 5) is 12.0. The summed E-state index contributed by atoms with van der Waals surface area (Å²) in [6.45, 7) is 1.91. The average Bonchev–Trinajstić information content (AvgIpc) is 2.97. The Bertz CT molecular complexity index is 679. The third-order valence-corrected chi connectivity index (χ3v) is 6.60. The number of carbonyl (C=O) groups is 1.